The second kappa shape index (κ2) is 64.9. The van der Waals surface area contributed by atoms with Crippen molar-refractivity contribution in [1.29, 1.82) is 0 Å². The van der Waals surface area contributed by atoms with Crippen LogP contribution in [0.3, 0.4) is 0 Å². The number of allylic oxidation sites excluding steroid dienone is 7. The number of carbonyl (C=O) groups is 2. The van der Waals surface area contributed by atoms with Gasteiger partial charge in [-0.1, -0.05) is 333 Å². The highest BCUT2D eigenvalue weighted by Crippen LogP contribution is 2.38. The van der Waals surface area contributed by atoms with Crippen molar-refractivity contribution < 1.29 is 37.3 Å². The largest absolute Gasteiger partial charge is 0.756 e. The summed E-state index contributed by atoms with van der Waals surface area (Å²) in [5.74, 6) is -0.521. The van der Waals surface area contributed by atoms with Crippen LogP contribution in [0.2, 0.25) is 0 Å². The summed E-state index contributed by atoms with van der Waals surface area (Å²) in [5, 5.41) is 3.05. The Balaban J connectivity index is 5.01. The van der Waals surface area contributed by atoms with E-state index in [0.29, 0.717) is 17.4 Å². The van der Waals surface area contributed by atoms with E-state index in [1.165, 1.54) is 263 Å². The molecule has 10 heteroatoms. The van der Waals surface area contributed by atoms with Crippen molar-refractivity contribution in [3.8, 4) is 0 Å². The number of esters is 1. The fraction of sp³-hybridized carbons (Fsp3) is 0.867. The first kappa shape index (κ1) is 83.0. The zero-order valence-electron chi connectivity index (χ0n) is 57.3. The zero-order chi connectivity index (χ0) is 62.1. The number of carbonyl (C=O) groups excluding carboxylic acids is 2. The van der Waals surface area contributed by atoms with Gasteiger partial charge in [-0.15, -0.1) is 0 Å². The molecule has 0 heterocycles. The van der Waals surface area contributed by atoms with Gasteiger partial charge in [0.1, 0.15) is 19.3 Å². The monoisotopic (exact) mass is 1220 g/mol. The van der Waals surface area contributed by atoms with Crippen LogP contribution >= 0.6 is 7.82 Å². The highest BCUT2D eigenvalue weighted by Gasteiger charge is 2.27. The fourth-order valence-electron chi connectivity index (χ4n) is 11.1. The molecule has 0 aromatic rings. The number of unbranched alkanes of at least 4 members (excludes halogenated alkanes) is 46. The molecule has 0 saturated heterocycles. The Kier molecular flexibility index (Phi) is 63.4. The lowest BCUT2D eigenvalue weighted by molar-refractivity contribution is -0.870. The van der Waals surface area contributed by atoms with Gasteiger partial charge in [0.15, 0.2) is 0 Å². The molecule has 3 unspecified atom stereocenters. The molecule has 0 aliphatic rings. The summed E-state index contributed by atoms with van der Waals surface area (Å²) >= 11 is 0. The maximum absolute atomic E-state index is 13.6. The van der Waals surface area contributed by atoms with Crippen molar-refractivity contribution >= 4 is 19.7 Å². The molecule has 0 aliphatic heterocycles. The number of amides is 1. The van der Waals surface area contributed by atoms with Gasteiger partial charge in [0, 0.05) is 12.8 Å². The van der Waals surface area contributed by atoms with Gasteiger partial charge in [0.2, 0.25) is 5.91 Å². The van der Waals surface area contributed by atoms with Gasteiger partial charge < -0.3 is 28.5 Å². The van der Waals surface area contributed by atoms with Crippen LogP contribution in [0.5, 0.6) is 0 Å². The predicted molar refractivity (Wildman–Crippen MR) is 367 cm³/mol. The standard InChI is InChI=1S/C75H143N2O7P/c1-7-10-13-16-19-22-25-28-30-32-34-35-36-37-38-39-40-41-43-44-46-49-52-55-58-61-64-67-74(78)76-72(71-83-85(80,81)82-70-69-77(4,5)6)73(66-63-60-57-54-51-48-27-24-21-18-15-12-9-3)84-75(79)68-65-62-59-56-53-50-47-45-42-33-31-29-26-23-20-17-14-11-8-2/h19,22,28,30,34-35,63,66,72-73H,7-18,20-21,23-27,29,31-33,36-62,64-65,67-71H2,1-6H3,(H-,76,78,80,81)/b22-19-,30-28-,35-34-,66-63-. The van der Waals surface area contributed by atoms with Crippen molar-refractivity contribution in [2.45, 2.75) is 380 Å². The number of rotatable bonds is 68. The molecular weight excluding hydrogens is 1070 g/mol. The third-order valence-corrected chi connectivity index (χ3v) is 17.7. The summed E-state index contributed by atoms with van der Waals surface area (Å²) in [6.07, 6.45) is 82.3. The average Bonchev–Trinajstić information content (AvgIpc) is 3.53. The van der Waals surface area contributed by atoms with Crippen molar-refractivity contribution in [1.82, 2.24) is 5.32 Å². The number of hydrogen-bond acceptors (Lipinski definition) is 7. The van der Waals surface area contributed by atoms with E-state index in [9.17, 15) is 19.0 Å². The van der Waals surface area contributed by atoms with Crippen LogP contribution < -0.4 is 10.2 Å². The summed E-state index contributed by atoms with van der Waals surface area (Å²) in [6, 6.07) is -0.887. The molecule has 0 spiro atoms. The van der Waals surface area contributed by atoms with Crippen molar-refractivity contribution in [3.63, 3.8) is 0 Å². The second-order valence-corrected chi connectivity index (χ2v) is 27.9. The van der Waals surface area contributed by atoms with E-state index in [0.717, 1.165) is 70.6 Å². The lowest BCUT2D eigenvalue weighted by Crippen LogP contribution is -2.47. The molecule has 1 N–H and O–H groups in total. The molecule has 9 nitrogen and oxygen atoms in total. The van der Waals surface area contributed by atoms with Crippen LogP contribution in [-0.2, 0) is 27.9 Å². The first-order valence-corrected chi connectivity index (χ1v) is 38.4. The Labute approximate surface area is 529 Å². The van der Waals surface area contributed by atoms with E-state index in [4.69, 9.17) is 13.8 Å². The van der Waals surface area contributed by atoms with E-state index in [1.807, 2.05) is 33.3 Å². The van der Waals surface area contributed by atoms with Gasteiger partial charge in [0.25, 0.3) is 7.82 Å². The summed E-state index contributed by atoms with van der Waals surface area (Å²) in [6.45, 7) is 6.88. The van der Waals surface area contributed by atoms with E-state index >= 15 is 0 Å². The van der Waals surface area contributed by atoms with Crippen molar-refractivity contribution in [3.05, 3.63) is 48.6 Å². The van der Waals surface area contributed by atoms with Crippen LogP contribution in [0.4, 0.5) is 0 Å². The second-order valence-electron chi connectivity index (χ2n) is 26.5. The van der Waals surface area contributed by atoms with Crippen LogP contribution in [0.1, 0.15) is 367 Å². The van der Waals surface area contributed by atoms with Crippen LogP contribution in [0.15, 0.2) is 48.6 Å². The number of phosphoric ester groups is 1. The normalized spacial score (nSPS) is 13.7. The van der Waals surface area contributed by atoms with E-state index in [-0.39, 0.29) is 31.5 Å². The number of nitrogens with one attached hydrogen (secondary N) is 1. The maximum atomic E-state index is 13.6. The summed E-state index contributed by atoms with van der Waals surface area (Å²) in [7, 11) is 1.20. The van der Waals surface area contributed by atoms with E-state index in [2.05, 4.69) is 62.5 Å². The van der Waals surface area contributed by atoms with Gasteiger partial charge in [-0.05, 0) is 70.3 Å². The maximum Gasteiger partial charge on any atom is 0.306 e. The Morgan fingerprint density at radius 3 is 1.09 bits per heavy atom. The van der Waals surface area contributed by atoms with Crippen molar-refractivity contribution in [2.75, 3.05) is 40.9 Å². The third-order valence-electron chi connectivity index (χ3n) is 16.8. The molecule has 500 valence electrons. The number of nitrogens with zero attached hydrogens (tertiary/aromatic N) is 1. The first-order valence-electron chi connectivity index (χ1n) is 36.9. The number of phosphoric acid groups is 1. The molecule has 0 aromatic carbocycles. The minimum atomic E-state index is -4.70. The van der Waals surface area contributed by atoms with Gasteiger partial charge in [-0.3, -0.25) is 14.2 Å². The third kappa shape index (κ3) is 66.2. The topological polar surface area (TPSA) is 114 Å². The minimum absolute atomic E-state index is 0.0200. The Morgan fingerprint density at radius 1 is 0.412 bits per heavy atom. The highest BCUT2D eigenvalue weighted by molar-refractivity contribution is 7.45. The quantitative estimate of drug-likeness (QED) is 0.0212. The Hall–Kier alpha value is -2.03. The molecule has 0 fully saturated rings. The lowest BCUT2D eigenvalue weighted by Gasteiger charge is -2.30. The number of likely N-dealkylation sites (N-methyl/N-ethyl adjacent to an activating group) is 1. The molecule has 0 radical (unpaired) electrons. The predicted octanol–water partition coefficient (Wildman–Crippen LogP) is 22.9. The van der Waals surface area contributed by atoms with Gasteiger partial charge >= 0.3 is 5.97 Å². The molecule has 0 rings (SSSR count). The van der Waals surface area contributed by atoms with Crippen LogP contribution in [0.25, 0.3) is 0 Å². The smallest absolute Gasteiger partial charge is 0.306 e. The molecule has 0 aliphatic carbocycles. The van der Waals surface area contributed by atoms with Crippen LogP contribution in [0, 0.1) is 0 Å². The molecule has 0 bridgehead atoms. The number of ether oxygens (including phenoxy) is 1. The SMILES string of the molecule is CCCCC/C=C\C/C=C\C/C=C\CCCCCCCCCCCCCCCCC(=O)NC(COP(=O)([O-])OCC[N+](C)(C)C)C(/C=C\CCCCCCCCCCCCC)OC(=O)CCCCCCCCCCCCCCCCCCCCC. The van der Waals surface area contributed by atoms with E-state index < -0.39 is 20.0 Å². The molecular formula is C75H143N2O7P. The lowest BCUT2D eigenvalue weighted by atomic mass is 10.0. The Bertz CT molecular complexity index is 1590. The summed E-state index contributed by atoms with van der Waals surface area (Å²) in [5.41, 5.74) is 0. The molecule has 85 heavy (non-hydrogen) atoms. The van der Waals surface area contributed by atoms with Gasteiger partial charge in [0.05, 0.1) is 33.8 Å². The summed E-state index contributed by atoms with van der Waals surface area (Å²) in [4.78, 5) is 40.2. The fourth-order valence-corrected chi connectivity index (χ4v) is 11.8. The molecule has 0 saturated carbocycles. The molecule has 0 aromatic heterocycles. The number of quaternary nitrogens is 1. The number of hydrogen-bond donors (Lipinski definition) is 1. The summed E-state index contributed by atoms with van der Waals surface area (Å²) < 4.78 is 30.5. The van der Waals surface area contributed by atoms with Gasteiger partial charge in [-0.2, -0.15) is 0 Å². The zero-order valence-corrected chi connectivity index (χ0v) is 58.2. The average molecular weight is 1220 g/mol. The minimum Gasteiger partial charge on any atom is -0.756 e. The van der Waals surface area contributed by atoms with Crippen molar-refractivity contribution in [2.24, 2.45) is 0 Å². The highest BCUT2D eigenvalue weighted by atomic mass is 31.2. The Morgan fingerprint density at radius 2 is 0.718 bits per heavy atom. The van der Waals surface area contributed by atoms with E-state index in [1.54, 1.807) is 0 Å². The van der Waals surface area contributed by atoms with Gasteiger partial charge in [-0.25, -0.2) is 0 Å². The van der Waals surface area contributed by atoms with Crippen LogP contribution in [-0.4, -0.2) is 69.4 Å². The first-order chi connectivity index (χ1) is 41.4. The molecule has 3 atom stereocenters. The molecule has 1 amide bonds.